The Morgan fingerprint density at radius 3 is 2.58 bits per heavy atom. The standard InChI is InChI=1S/C27H24F6N4O2S/c28-26(29,30)20-3-2-18(21(13-20)27(31,32)33)15-37-22-4-1-17(11-19(22)14-35-37)12-23-24(38)36-25(40-23)34-8-5-16-6-9-39-10-7-16/h1-4,11-14,16H,5-10,15H2,(H,34,36,38). The van der Waals surface area contributed by atoms with Crippen LogP contribution >= 0.6 is 11.8 Å². The number of ether oxygens (including phenoxy) is 1. The van der Waals surface area contributed by atoms with E-state index in [-0.39, 0.29) is 24.1 Å². The molecule has 1 N–H and O–H groups in total. The molecule has 1 aromatic heterocycles. The van der Waals surface area contributed by atoms with Crippen molar-refractivity contribution < 1.29 is 35.9 Å². The van der Waals surface area contributed by atoms with Crippen LogP contribution in [0.4, 0.5) is 26.3 Å². The summed E-state index contributed by atoms with van der Waals surface area (Å²) in [7, 11) is 0. The van der Waals surface area contributed by atoms with E-state index in [2.05, 4.69) is 15.4 Å². The number of carbonyl (C=O) groups excluding carboxylic acids is 1. The van der Waals surface area contributed by atoms with Crippen LogP contribution in [0.25, 0.3) is 17.0 Å². The van der Waals surface area contributed by atoms with E-state index in [1.54, 1.807) is 24.3 Å². The zero-order valence-electron chi connectivity index (χ0n) is 21.0. The Balaban J connectivity index is 1.31. The van der Waals surface area contributed by atoms with Crippen molar-refractivity contribution in [3.05, 3.63) is 69.8 Å². The zero-order valence-corrected chi connectivity index (χ0v) is 21.8. The number of amidine groups is 1. The Bertz CT molecular complexity index is 1470. The van der Waals surface area contributed by atoms with Gasteiger partial charge in [-0.05, 0) is 78.4 Å². The molecule has 2 saturated heterocycles. The number of carbonyl (C=O) groups is 1. The van der Waals surface area contributed by atoms with Crippen LogP contribution in [-0.4, -0.2) is 40.6 Å². The molecular weight excluding hydrogens is 558 g/mol. The molecule has 0 aliphatic carbocycles. The Hall–Kier alpha value is -3.32. The van der Waals surface area contributed by atoms with E-state index in [4.69, 9.17) is 4.74 Å². The largest absolute Gasteiger partial charge is 0.416 e. The van der Waals surface area contributed by atoms with Crippen molar-refractivity contribution in [1.82, 2.24) is 15.1 Å². The van der Waals surface area contributed by atoms with Crippen molar-refractivity contribution in [2.75, 3.05) is 19.8 Å². The van der Waals surface area contributed by atoms with Crippen LogP contribution in [0.1, 0.15) is 41.5 Å². The van der Waals surface area contributed by atoms with Crippen LogP contribution in [0.15, 0.2) is 52.5 Å². The van der Waals surface area contributed by atoms with E-state index in [1.165, 1.54) is 22.6 Å². The number of rotatable bonds is 6. The molecule has 2 fully saturated rings. The second-order valence-electron chi connectivity index (χ2n) is 9.58. The number of hydrogen-bond donors (Lipinski definition) is 1. The number of thioether (sulfide) groups is 1. The summed E-state index contributed by atoms with van der Waals surface area (Å²) in [4.78, 5) is 17.4. The van der Waals surface area contributed by atoms with Gasteiger partial charge in [0, 0.05) is 25.1 Å². The first-order chi connectivity index (χ1) is 19.0. The van der Waals surface area contributed by atoms with Crippen LogP contribution in [0.2, 0.25) is 0 Å². The number of nitrogens with zero attached hydrogens (tertiary/aromatic N) is 3. The maximum Gasteiger partial charge on any atom is 0.416 e. The fourth-order valence-corrected chi connectivity index (χ4v) is 5.52. The molecule has 0 atom stereocenters. The van der Waals surface area contributed by atoms with Crippen molar-refractivity contribution in [2.24, 2.45) is 10.9 Å². The molecule has 212 valence electrons. The van der Waals surface area contributed by atoms with Gasteiger partial charge in [-0.15, -0.1) is 0 Å². The number of nitrogens with one attached hydrogen (secondary N) is 1. The predicted octanol–water partition coefficient (Wildman–Crippen LogP) is 6.50. The molecule has 2 aliphatic rings. The highest BCUT2D eigenvalue weighted by Gasteiger charge is 2.38. The van der Waals surface area contributed by atoms with Gasteiger partial charge in [0.25, 0.3) is 5.91 Å². The smallest absolute Gasteiger partial charge is 0.381 e. The van der Waals surface area contributed by atoms with E-state index < -0.39 is 23.5 Å². The second kappa shape index (κ2) is 11.3. The van der Waals surface area contributed by atoms with Gasteiger partial charge in [-0.3, -0.25) is 14.5 Å². The lowest BCUT2D eigenvalue weighted by molar-refractivity contribution is -0.143. The SMILES string of the molecule is O=C1NC(=NCCC2CCOCC2)SC1=Cc1ccc2c(cnn2Cc2ccc(C(F)(F)F)cc2C(F)(F)F)c1. The lowest BCUT2D eigenvalue weighted by Gasteiger charge is -2.20. The topological polar surface area (TPSA) is 68.5 Å². The summed E-state index contributed by atoms with van der Waals surface area (Å²) in [6.07, 6.45) is -3.75. The quantitative estimate of drug-likeness (QED) is 0.266. The van der Waals surface area contributed by atoms with Gasteiger partial charge in [0.15, 0.2) is 5.17 Å². The molecule has 13 heteroatoms. The number of hydrogen-bond acceptors (Lipinski definition) is 5. The predicted molar refractivity (Wildman–Crippen MR) is 139 cm³/mol. The average molecular weight is 583 g/mol. The first kappa shape index (κ1) is 28.2. The van der Waals surface area contributed by atoms with Crippen LogP contribution in [0, 0.1) is 5.92 Å². The molecule has 3 heterocycles. The molecule has 5 rings (SSSR count). The summed E-state index contributed by atoms with van der Waals surface area (Å²) in [5, 5.41) is 8.05. The van der Waals surface area contributed by atoms with Crippen molar-refractivity contribution in [1.29, 1.82) is 0 Å². The van der Waals surface area contributed by atoms with Crippen molar-refractivity contribution >= 4 is 39.8 Å². The molecule has 0 bridgehead atoms. The fraction of sp³-hybridized carbons (Fsp3) is 0.370. The lowest BCUT2D eigenvalue weighted by Crippen LogP contribution is -2.20. The molecule has 40 heavy (non-hydrogen) atoms. The van der Waals surface area contributed by atoms with Crippen LogP contribution in [0.5, 0.6) is 0 Å². The zero-order chi connectivity index (χ0) is 28.5. The Labute approximate surface area is 229 Å². The minimum absolute atomic E-state index is 0.123. The number of halogens is 6. The molecule has 2 aliphatic heterocycles. The lowest BCUT2D eigenvalue weighted by atomic mass is 9.97. The highest BCUT2D eigenvalue weighted by molar-refractivity contribution is 8.18. The van der Waals surface area contributed by atoms with Crippen LogP contribution < -0.4 is 5.32 Å². The van der Waals surface area contributed by atoms with Gasteiger partial charge in [-0.2, -0.15) is 31.4 Å². The van der Waals surface area contributed by atoms with Crippen molar-refractivity contribution in [3.63, 3.8) is 0 Å². The van der Waals surface area contributed by atoms with E-state index in [0.717, 1.165) is 38.5 Å². The molecule has 0 radical (unpaired) electrons. The van der Waals surface area contributed by atoms with E-state index >= 15 is 0 Å². The number of aromatic nitrogens is 2. The molecule has 6 nitrogen and oxygen atoms in total. The number of alkyl halides is 6. The highest BCUT2D eigenvalue weighted by atomic mass is 32.2. The Morgan fingerprint density at radius 2 is 1.85 bits per heavy atom. The van der Waals surface area contributed by atoms with Gasteiger partial charge in [-0.1, -0.05) is 12.1 Å². The van der Waals surface area contributed by atoms with E-state index in [9.17, 15) is 31.1 Å². The fourth-order valence-electron chi connectivity index (χ4n) is 4.67. The second-order valence-corrected chi connectivity index (χ2v) is 10.6. The van der Waals surface area contributed by atoms with Crippen LogP contribution in [0.3, 0.4) is 0 Å². The molecule has 0 saturated carbocycles. The maximum absolute atomic E-state index is 13.6. The van der Waals surface area contributed by atoms with Gasteiger partial charge in [0.2, 0.25) is 0 Å². The Morgan fingerprint density at radius 1 is 1.07 bits per heavy atom. The van der Waals surface area contributed by atoms with Crippen molar-refractivity contribution in [3.8, 4) is 0 Å². The first-order valence-corrected chi connectivity index (χ1v) is 13.3. The molecule has 3 aromatic rings. The summed E-state index contributed by atoms with van der Waals surface area (Å²) < 4.78 is 86.4. The van der Waals surface area contributed by atoms with E-state index in [1.807, 2.05) is 0 Å². The molecule has 2 aromatic carbocycles. The Kier molecular flexibility index (Phi) is 7.96. The summed E-state index contributed by atoms with van der Waals surface area (Å²) in [6.45, 7) is 1.78. The summed E-state index contributed by atoms with van der Waals surface area (Å²) in [6, 6.07) is 6.66. The van der Waals surface area contributed by atoms with E-state index in [0.29, 0.717) is 45.1 Å². The van der Waals surface area contributed by atoms with Gasteiger partial charge in [0.1, 0.15) is 0 Å². The highest BCUT2D eigenvalue weighted by Crippen LogP contribution is 2.38. The summed E-state index contributed by atoms with van der Waals surface area (Å²) >= 11 is 1.24. The first-order valence-electron chi connectivity index (χ1n) is 12.5. The van der Waals surface area contributed by atoms with Gasteiger partial charge >= 0.3 is 12.4 Å². The minimum Gasteiger partial charge on any atom is -0.381 e. The summed E-state index contributed by atoms with van der Waals surface area (Å²) in [5.41, 5.74) is -1.89. The number of benzene rings is 2. The minimum atomic E-state index is -4.97. The third-order valence-electron chi connectivity index (χ3n) is 6.81. The average Bonchev–Trinajstić information content (AvgIpc) is 3.45. The number of aliphatic imine (C=N–C) groups is 1. The molecule has 1 amide bonds. The number of fused-ring (bicyclic) bond motifs is 1. The van der Waals surface area contributed by atoms with Gasteiger partial charge in [0.05, 0.1) is 34.3 Å². The molecule has 0 spiro atoms. The maximum atomic E-state index is 13.6. The van der Waals surface area contributed by atoms with Gasteiger partial charge < -0.3 is 10.1 Å². The molecule has 0 unspecified atom stereocenters. The van der Waals surface area contributed by atoms with Gasteiger partial charge in [-0.25, -0.2) is 0 Å². The number of amides is 1. The van der Waals surface area contributed by atoms with Crippen LogP contribution in [-0.2, 0) is 28.4 Å². The monoisotopic (exact) mass is 582 g/mol. The third-order valence-corrected chi connectivity index (χ3v) is 7.76. The molecular formula is C27H24F6N4O2S. The summed E-state index contributed by atoms with van der Waals surface area (Å²) in [5.74, 6) is 0.301. The normalized spacial score (nSPS) is 19.2. The third kappa shape index (κ3) is 6.52. The van der Waals surface area contributed by atoms with Crippen molar-refractivity contribution in [2.45, 2.75) is 38.2 Å².